The van der Waals surface area contributed by atoms with E-state index in [9.17, 15) is 0 Å². The summed E-state index contributed by atoms with van der Waals surface area (Å²) in [6, 6.07) is 42.4. The maximum Gasteiger partial charge on any atom is -0.0253 e. The number of hydrogen-bond acceptors (Lipinski definition) is 0. The minimum atomic E-state index is 0. The summed E-state index contributed by atoms with van der Waals surface area (Å²) in [5.41, 5.74) is 11.4. The molecule has 0 radical (unpaired) electrons. The first-order chi connectivity index (χ1) is 25.5. The van der Waals surface area contributed by atoms with Crippen molar-refractivity contribution in [1.82, 2.24) is 0 Å². The van der Waals surface area contributed by atoms with Gasteiger partial charge in [0.1, 0.15) is 0 Å². The number of benzene rings is 4. The van der Waals surface area contributed by atoms with Crippen LogP contribution in [-0.2, 0) is 59.5 Å². The van der Waals surface area contributed by atoms with Crippen molar-refractivity contribution in [3.8, 4) is 22.3 Å². The van der Waals surface area contributed by atoms with Crippen LogP contribution in [0.1, 0.15) is 88.5 Å². The van der Waals surface area contributed by atoms with Crippen molar-refractivity contribution >= 4 is 10.9 Å². The molecule has 0 N–H and O–H groups in total. The van der Waals surface area contributed by atoms with E-state index in [-0.39, 0.29) is 35.7 Å². The Morgan fingerprint density at radius 3 is 1.15 bits per heavy atom. The van der Waals surface area contributed by atoms with Crippen LogP contribution >= 0.6 is 0 Å². The molecule has 4 aliphatic rings. The summed E-state index contributed by atoms with van der Waals surface area (Å²) < 4.78 is 0. The van der Waals surface area contributed by atoms with Gasteiger partial charge in [0.25, 0.3) is 0 Å². The Bertz CT molecular complexity index is 1540. The van der Waals surface area contributed by atoms with Gasteiger partial charge in [-0.25, -0.2) is 24.3 Å². The van der Waals surface area contributed by atoms with Crippen LogP contribution in [-0.4, -0.2) is 10.9 Å². The molecule has 0 atom stereocenters. The second-order valence-electron chi connectivity index (χ2n) is 13.0. The Labute approximate surface area is 372 Å². The van der Waals surface area contributed by atoms with E-state index in [1.807, 2.05) is 83.1 Å². The van der Waals surface area contributed by atoms with Crippen LogP contribution in [0.25, 0.3) is 22.3 Å². The molecule has 0 saturated heterocycles. The molecule has 0 unspecified atom stereocenters. The summed E-state index contributed by atoms with van der Waals surface area (Å²) in [5, 5.41) is 0. The van der Waals surface area contributed by atoms with Crippen LogP contribution in [0, 0.1) is 24.3 Å². The number of halogens is 2. The minimum Gasteiger partial charge on any atom is -1.00 e. The first-order valence-corrected chi connectivity index (χ1v) is 30.4. The number of fused-ring (bicyclic) bond motifs is 6. The van der Waals surface area contributed by atoms with E-state index in [1.165, 1.54) is 70.2 Å². The van der Waals surface area contributed by atoms with E-state index in [2.05, 4.69) is 137 Å². The molecule has 8 rings (SSSR count). The first-order valence-electron chi connectivity index (χ1n) is 19.2. The Kier molecular flexibility index (Phi) is 29.7. The monoisotopic (exact) mass is 938 g/mol. The summed E-state index contributed by atoms with van der Waals surface area (Å²) in [6.45, 7) is 9.18. The summed E-state index contributed by atoms with van der Waals surface area (Å²) >= 11 is 3.68. The molecule has 6 heteroatoms. The van der Waals surface area contributed by atoms with Gasteiger partial charge in [0, 0.05) is 0 Å². The quantitative estimate of drug-likeness (QED) is 0.110. The fourth-order valence-corrected chi connectivity index (χ4v) is 16.4. The SMILES string of the molecule is CCC[Si](=[Zr+2])CCC.CCC[Si](=[Zr+2])CCC.[C-]1=CC=CC1.[C-]1=CC=CC1.[Cl-].[Cl-].[c-]1cccc2c1Cc1ccccc1-2.[c-]1cccc2c1Cc1ccccc1-2. The molecule has 54 heavy (non-hydrogen) atoms. The largest absolute Gasteiger partial charge is 1.00 e. The molecule has 0 heterocycles. The second kappa shape index (κ2) is 31.7. The molecular formula is C48H56Cl2Si2Zr2-2. The van der Waals surface area contributed by atoms with Crippen LogP contribution in [0.15, 0.2) is 121 Å². The van der Waals surface area contributed by atoms with Gasteiger partial charge < -0.3 is 24.8 Å². The Balaban J connectivity index is 0.000000335. The summed E-state index contributed by atoms with van der Waals surface area (Å²) in [5.74, 6) is 0. The number of hydrogen-bond donors (Lipinski definition) is 0. The van der Waals surface area contributed by atoms with E-state index in [0.717, 1.165) is 25.7 Å². The van der Waals surface area contributed by atoms with Gasteiger partial charge in [-0.05, 0) is 12.8 Å². The maximum absolute atomic E-state index is 3.30. The van der Waals surface area contributed by atoms with E-state index < -0.39 is 0 Å². The van der Waals surface area contributed by atoms with Gasteiger partial charge in [0.05, 0.1) is 0 Å². The molecule has 4 aromatic rings. The third-order valence-electron chi connectivity index (χ3n) is 8.61. The van der Waals surface area contributed by atoms with Crippen molar-refractivity contribution in [2.45, 2.75) is 103 Å². The topological polar surface area (TPSA) is 0 Å². The molecule has 0 saturated carbocycles. The molecule has 0 aromatic heterocycles. The van der Waals surface area contributed by atoms with Crippen LogP contribution < -0.4 is 24.8 Å². The molecule has 280 valence electrons. The average Bonchev–Trinajstić information content (AvgIpc) is 4.01. The van der Waals surface area contributed by atoms with Gasteiger partial charge in [-0.3, -0.25) is 12.2 Å². The fourth-order valence-electron chi connectivity index (χ4n) is 6.13. The molecule has 4 aromatic carbocycles. The van der Waals surface area contributed by atoms with Gasteiger partial charge >= 0.3 is 135 Å². The molecule has 0 fully saturated rings. The molecule has 0 amide bonds. The van der Waals surface area contributed by atoms with Gasteiger partial charge in [-0.15, -0.1) is 24.0 Å². The number of rotatable bonds is 8. The molecule has 0 spiro atoms. The summed E-state index contributed by atoms with van der Waals surface area (Å²) in [7, 11) is 0. The standard InChI is InChI=1S/2C13H9.2C6H14Si.2C5H5.2ClH.2Zr/c2*1-3-7-12-10(5-1)9-11-6-2-4-8-13(11)12;2*1-3-5-7-6-4-2;2*1-2-4-5-3-1;;;;/h2*1-5,7-8H,9H2;2*3-6H2,1-2H3;2*1-3H,4H2;2*1H;;/q2*-1;;;2*-1;;;2*+2/p-2. The van der Waals surface area contributed by atoms with Crippen molar-refractivity contribution in [2.24, 2.45) is 0 Å². The van der Waals surface area contributed by atoms with Crippen molar-refractivity contribution in [3.63, 3.8) is 0 Å². The zero-order valence-electron chi connectivity index (χ0n) is 32.8. The van der Waals surface area contributed by atoms with E-state index in [0.29, 0.717) is 0 Å². The zero-order chi connectivity index (χ0) is 37.2. The van der Waals surface area contributed by atoms with Crippen LogP contribution in [0.4, 0.5) is 0 Å². The van der Waals surface area contributed by atoms with Gasteiger partial charge in [-0.1, -0.05) is 70.8 Å². The van der Waals surface area contributed by atoms with Crippen molar-refractivity contribution in [1.29, 1.82) is 0 Å². The van der Waals surface area contributed by atoms with E-state index in [4.69, 9.17) is 0 Å². The first kappa shape index (κ1) is 50.6. The van der Waals surface area contributed by atoms with Crippen LogP contribution in [0.5, 0.6) is 0 Å². The molecule has 0 aliphatic heterocycles. The van der Waals surface area contributed by atoms with Crippen molar-refractivity contribution in [2.75, 3.05) is 0 Å². The summed E-state index contributed by atoms with van der Waals surface area (Å²) in [4.78, 5) is 0. The van der Waals surface area contributed by atoms with Gasteiger partial charge in [0.2, 0.25) is 0 Å². The van der Waals surface area contributed by atoms with E-state index in [1.54, 1.807) is 24.2 Å². The average molecular weight is 943 g/mol. The summed E-state index contributed by atoms with van der Waals surface area (Å²) in [6.07, 6.45) is 27.8. The molecule has 0 nitrogen and oxygen atoms in total. The second-order valence-corrected chi connectivity index (χ2v) is 27.8. The Hall–Kier alpha value is -1.38. The number of allylic oxidation sites excluding steroid dienone is 8. The smallest absolute Gasteiger partial charge is 0.0253 e. The van der Waals surface area contributed by atoms with E-state index >= 15 is 0 Å². The van der Waals surface area contributed by atoms with Gasteiger partial charge in [-0.2, -0.15) is 71.8 Å². The third kappa shape index (κ3) is 19.2. The van der Waals surface area contributed by atoms with Crippen molar-refractivity contribution in [3.05, 3.63) is 168 Å². The fraction of sp³-hybridized carbons (Fsp3) is 0.333. The van der Waals surface area contributed by atoms with Crippen LogP contribution in [0.2, 0.25) is 24.2 Å². The van der Waals surface area contributed by atoms with Crippen molar-refractivity contribution < 1.29 is 71.5 Å². The maximum atomic E-state index is 3.30. The zero-order valence-corrected chi connectivity index (χ0v) is 41.2. The molecule has 4 aliphatic carbocycles. The normalized spacial score (nSPS) is 12.0. The molecule has 0 bridgehead atoms. The van der Waals surface area contributed by atoms with Gasteiger partial charge in [0.15, 0.2) is 0 Å². The predicted octanol–water partition coefficient (Wildman–Crippen LogP) is 7.42. The van der Waals surface area contributed by atoms with Crippen LogP contribution in [0.3, 0.4) is 0 Å². The predicted molar refractivity (Wildman–Crippen MR) is 222 cm³/mol. The Morgan fingerprint density at radius 2 is 0.852 bits per heavy atom. The third-order valence-corrected chi connectivity index (χ3v) is 20.4. The minimum absolute atomic E-state index is 0. The Morgan fingerprint density at radius 1 is 0.500 bits per heavy atom. The molecular weight excluding hydrogens is 886 g/mol.